The molecule has 126 valence electrons. The van der Waals surface area contributed by atoms with E-state index in [4.69, 9.17) is 4.42 Å². The van der Waals surface area contributed by atoms with Crippen molar-refractivity contribution in [1.29, 1.82) is 0 Å². The molecule has 25 heavy (non-hydrogen) atoms. The zero-order valence-corrected chi connectivity index (χ0v) is 15.0. The van der Waals surface area contributed by atoms with E-state index in [-0.39, 0.29) is 5.91 Å². The number of fused-ring (bicyclic) bond motifs is 1. The monoisotopic (exact) mass is 368 g/mol. The molecule has 0 bridgehead atoms. The van der Waals surface area contributed by atoms with E-state index in [1.54, 1.807) is 28.7 Å². The van der Waals surface area contributed by atoms with E-state index in [0.29, 0.717) is 17.9 Å². The fraction of sp³-hybridized carbons (Fsp3) is 0.105. The number of rotatable bonds is 6. The molecule has 2 N–H and O–H groups in total. The van der Waals surface area contributed by atoms with Crippen molar-refractivity contribution >= 4 is 45.2 Å². The van der Waals surface area contributed by atoms with Crippen LogP contribution in [-0.2, 0) is 13.1 Å². The van der Waals surface area contributed by atoms with Crippen LogP contribution in [0.1, 0.15) is 21.0 Å². The van der Waals surface area contributed by atoms with Crippen molar-refractivity contribution in [2.24, 2.45) is 0 Å². The number of hydrogen-bond acceptors (Lipinski definition) is 5. The lowest BCUT2D eigenvalue weighted by Gasteiger charge is -2.04. The van der Waals surface area contributed by atoms with Crippen LogP contribution in [0.15, 0.2) is 63.0 Å². The minimum Gasteiger partial charge on any atom is -0.451 e. The van der Waals surface area contributed by atoms with Crippen LogP contribution in [0.2, 0.25) is 0 Å². The lowest BCUT2D eigenvalue weighted by molar-refractivity contribution is 0.0925. The number of hydrogen-bond donors (Lipinski definition) is 2. The molecular formula is C19H16N2O2S2. The average Bonchev–Trinajstić information content (AvgIpc) is 3.38. The van der Waals surface area contributed by atoms with Crippen molar-refractivity contribution in [2.45, 2.75) is 13.1 Å². The molecule has 0 atom stereocenters. The minimum absolute atomic E-state index is 0.197. The minimum atomic E-state index is -0.197. The highest BCUT2D eigenvalue weighted by atomic mass is 32.1. The maximum absolute atomic E-state index is 12.3. The van der Waals surface area contributed by atoms with Gasteiger partial charge in [0.15, 0.2) is 5.76 Å². The highest BCUT2D eigenvalue weighted by Gasteiger charge is 2.12. The van der Waals surface area contributed by atoms with Crippen molar-refractivity contribution < 1.29 is 9.21 Å². The molecule has 0 aliphatic heterocycles. The van der Waals surface area contributed by atoms with Crippen LogP contribution in [0.5, 0.6) is 0 Å². The molecule has 0 saturated heterocycles. The molecule has 0 aliphatic carbocycles. The van der Waals surface area contributed by atoms with E-state index in [1.807, 2.05) is 35.7 Å². The fourth-order valence-corrected chi connectivity index (χ4v) is 3.84. The second-order valence-corrected chi connectivity index (χ2v) is 7.42. The van der Waals surface area contributed by atoms with Gasteiger partial charge in [-0.3, -0.25) is 4.79 Å². The van der Waals surface area contributed by atoms with Gasteiger partial charge in [-0.2, -0.15) is 11.3 Å². The standard InChI is InChI=1S/C19H16N2O2S2/c22-19(21-11-16-2-1-6-25-16)18-9-14-8-15(3-4-17(14)23-18)20-10-13-5-7-24-12-13/h1-9,12,20H,10-11H2,(H,21,22). The predicted octanol–water partition coefficient (Wildman–Crippen LogP) is 5.10. The van der Waals surface area contributed by atoms with Crippen molar-refractivity contribution in [3.63, 3.8) is 0 Å². The highest BCUT2D eigenvalue weighted by Crippen LogP contribution is 2.24. The summed E-state index contributed by atoms with van der Waals surface area (Å²) < 4.78 is 5.67. The Labute approximate surface area is 153 Å². The number of carbonyl (C=O) groups excluding carboxylic acids is 1. The number of amides is 1. The molecule has 0 radical (unpaired) electrons. The molecule has 3 aromatic heterocycles. The van der Waals surface area contributed by atoms with Crippen LogP contribution in [0.4, 0.5) is 5.69 Å². The molecule has 0 fully saturated rings. The van der Waals surface area contributed by atoms with Crippen LogP contribution in [-0.4, -0.2) is 5.91 Å². The summed E-state index contributed by atoms with van der Waals surface area (Å²) >= 11 is 3.31. The van der Waals surface area contributed by atoms with E-state index in [0.717, 1.165) is 22.5 Å². The van der Waals surface area contributed by atoms with Crippen molar-refractivity contribution in [3.8, 4) is 0 Å². The summed E-state index contributed by atoms with van der Waals surface area (Å²) in [5.41, 5.74) is 2.97. The Hall–Kier alpha value is -2.57. The van der Waals surface area contributed by atoms with Gasteiger partial charge in [0, 0.05) is 22.5 Å². The molecule has 0 unspecified atom stereocenters. The molecule has 0 aliphatic rings. The number of benzene rings is 1. The van der Waals surface area contributed by atoms with Crippen molar-refractivity contribution in [2.75, 3.05) is 5.32 Å². The Morgan fingerprint density at radius 3 is 2.84 bits per heavy atom. The topological polar surface area (TPSA) is 54.3 Å². The maximum Gasteiger partial charge on any atom is 0.287 e. The first kappa shape index (κ1) is 15.9. The summed E-state index contributed by atoms with van der Waals surface area (Å²) in [7, 11) is 0. The fourth-order valence-electron chi connectivity index (χ4n) is 2.53. The Morgan fingerprint density at radius 1 is 1.08 bits per heavy atom. The molecule has 4 aromatic rings. The molecule has 0 saturated carbocycles. The molecule has 3 heterocycles. The summed E-state index contributed by atoms with van der Waals surface area (Å²) in [5, 5.41) is 13.4. The average molecular weight is 368 g/mol. The van der Waals surface area contributed by atoms with Crippen LogP contribution in [0, 0.1) is 0 Å². The third kappa shape index (κ3) is 3.75. The van der Waals surface area contributed by atoms with Gasteiger partial charge < -0.3 is 15.1 Å². The zero-order chi connectivity index (χ0) is 17.1. The number of nitrogens with one attached hydrogen (secondary N) is 2. The van der Waals surface area contributed by atoms with Gasteiger partial charge in [0.05, 0.1) is 6.54 Å². The van der Waals surface area contributed by atoms with Gasteiger partial charge in [0.25, 0.3) is 5.91 Å². The molecule has 1 amide bonds. The lowest BCUT2D eigenvalue weighted by atomic mass is 10.2. The van der Waals surface area contributed by atoms with Gasteiger partial charge in [-0.15, -0.1) is 11.3 Å². The number of furan rings is 1. The summed E-state index contributed by atoms with van der Waals surface area (Å²) in [6.45, 7) is 1.29. The first-order valence-corrected chi connectivity index (χ1v) is 9.69. The van der Waals surface area contributed by atoms with Gasteiger partial charge in [-0.05, 0) is 58.1 Å². The van der Waals surface area contributed by atoms with Crippen LogP contribution in [0.3, 0.4) is 0 Å². The quantitative estimate of drug-likeness (QED) is 0.498. The largest absolute Gasteiger partial charge is 0.451 e. The smallest absolute Gasteiger partial charge is 0.287 e. The van der Waals surface area contributed by atoms with Gasteiger partial charge in [-0.25, -0.2) is 0 Å². The Kier molecular flexibility index (Phi) is 4.54. The molecule has 0 spiro atoms. The normalized spacial score (nSPS) is 10.9. The van der Waals surface area contributed by atoms with Crippen molar-refractivity contribution in [3.05, 3.63) is 74.8 Å². The molecule has 4 rings (SSSR count). The number of carbonyl (C=O) groups is 1. The molecule has 1 aromatic carbocycles. The molecule has 6 heteroatoms. The van der Waals surface area contributed by atoms with E-state index in [2.05, 4.69) is 27.5 Å². The zero-order valence-electron chi connectivity index (χ0n) is 13.3. The lowest BCUT2D eigenvalue weighted by Crippen LogP contribution is -2.21. The van der Waals surface area contributed by atoms with E-state index < -0.39 is 0 Å². The summed E-state index contributed by atoms with van der Waals surface area (Å²) in [5.74, 6) is 0.138. The SMILES string of the molecule is O=C(NCc1cccs1)c1cc2cc(NCc3ccsc3)ccc2o1. The second kappa shape index (κ2) is 7.13. The van der Waals surface area contributed by atoms with Gasteiger partial charge in [0.1, 0.15) is 5.58 Å². The third-order valence-corrected chi connectivity index (χ3v) is 5.43. The third-order valence-electron chi connectivity index (χ3n) is 3.82. The second-order valence-electron chi connectivity index (χ2n) is 5.61. The highest BCUT2D eigenvalue weighted by molar-refractivity contribution is 7.09. The van der Waals surface area contributed by atoms with Gasteiger partial charge in [0.2, 0.25) is 0 Å². The van der Waals surface area contributed by atoms with Gasteiger partial charge in [-0.1, -0.05) is 6.07 Å². The predicted molar refractivity (Wildman–Crippen MR) is 103 cm³/mol. The number of anilines is 1. The summed E-state index contributed by atoms with van der Waals surface area (Å²) in [4.78, 5) is 13.4. The van der Waals surface area contributed by atoms with Crippen molar-refractivity contribution in [1.82, 2.24) is 5.32 Å². The molecular weight excluding hydrogens is 352 g/mol. The first-order valence-electron chi connectivity index (χ1n) is 7.87. The Bertz CT molecular complexity index is 972. The number of thiophene rings is 2. The van der Waals surface area contributed by atoms with Crippen LogP contribution >= 0.6 is 22.7 Å². The van der Waals surface area contributed by atoms with Crippen LogP contribution in [0.25, 0.3) is 11.0 Å². The van der Waals surface area contributed by atoms with Crippen LogP contribution < -0.4 is 10.6 Å². The molecule has 4 nitrogen and oxygen atoms in total. The Balaban J connectivity index is 1.45. The van der Waals surface area contributed by atoms with Gasteiger partial charge >= 0.3 is 0 Å². The first-order chi connectivity index (χ1) is 12.3. The summed E-state index contributed by atoms with van der Waals surface area (Å²) in [6.07, 6.45) is 0. The van der Waals surface area contributed by atoms with E-state index in [9.17, 15) is 4.79 Å². The maximum atomic E-state index is 12.3. The summed E-state index contributed by atoms with van der Waals surface area (Å²) in [6, 6.07) is 13.7. The van der Waals surface area contributed by atoms with E-state index >= 15 is 0 Å². The van der Waals surface area contributed by atoms with E-state index in [1.165, 1.54) is 5.56 Å². The Morgan fingerprint density at radius 2 is 2.04 bits per heavy atom.